The van der Waals surface area contributed by atoms with Crippen LogP contribution >= 0.6 is 0 Å². The second kappa shape index (κ2) is 9.40. The van der Waals surface area contributed by atoms with Gasteiger partial charge < -0.3 is 14.2 Å². The Kier molecular flexibility index (Phi) is 6.03. The normalized spacial score (nSPS) is 14.7. The minimum absolute atomic E-state index is 0.331. The highest BCUT2D eigenvalue weighted by molar-refractivity contribution is 5.91. The van der Waals surface area contributed by atoms with Crippen LogP contribution in [0.1, 0.15) is 6.42 Å². The first-order valence-corrected chi connectivity index (χ1v) is 11.1. The van der Waals surface area contributed by atoms with E-state index in [4.69, 9.17) is 9.26 Å². The van der Waals surface area contributed by atoms with E-state index in [0.717, 1.165) is 55.8 Å². The smallest absolute Gasteiger partial charge is 0.170 e. The van der Waals surface area contributed by atoms with Crippen molar-refractivity contribution < 1.29 is 13.7 Å². The van der Waals surface area contributed by atoms with Gasteiger partial charge in [-0.1, -0.05) is 23.4 Å². The number of rotatable bonds is 7. The molecule has 1 aromatic heterocycles. The molecule has 4 aromatic rings. The van der Waals surface area contributed by atoms with Gasteiger partial charge in [0, 0.05) is 55.4 Å². The maximum absolute atomic E-state index is 13.3. The molecule has 1 aliphatic heterocycles. The molecule has 1 aliphatic rings. The zero-order chi connectivity index (χ0) is 21.8. The monoisotopic (exact) mass is 431 g/mol. The number of fused-ring (bicyclic) bond motifs is 1. The third-order valence-corrected chi connectivity index (χ3v) is 5.94. The van der Waals surface area contributed by atoms with Crippen LogP contribution in [0, 0.1) is 5.82 Å². The Labute approximate surface area is 187 Å². The Balaban J connectivity index is 1.08. The second-order valence-corrected chi connectivity index (χ2v) is 8.06. The number of anilines is 1. The number of halogens is 1. The Bertz CT molecular complexity index is 1150. The number of piperazine rings is 1. The molecule has 6 heteroatoms. The van der Waals surface area contributed by atoms with Crippen molar-refractivity contribution in [2.24, 2.45) is 0 Å². The molecular weight excluding hydrogens is 405 g/mol. The van der Waals surface area contributed by atoms with Crippen molar-refractivity contribution >= 4 is 16.7 Å². The molecule has 0 aliphatic carbocycles. The second-order valence-electron chi connectivity index (χ2n) is 8.06. The maximum atomic E-state index is 13.3. The highest BCUT2D eigenvalue weighted by atomic mass is 19.1. The van der Waals surface area contributed by atoms with E-state index in [1.165, 1.54) is 17.8 Å². The van der Waals surface area contributed by atoms with Crippen LogP contribution in [0.3, 0.4) is 0 Å². The van der Waals surface area contributed by atoms with Crippen LogP contribution in [-0.4, -0.2) is 49.4 Å². The molecule has 2 heterocycles. The molecule has 0 radical (unpaired) electrons. The van der Waals surface area contributed by atoms with E-state index >= 15 is 0 Å². The molecule has 0 unspecified atom stereocenters. The van der Waals surface area contributed by atoms with Crippen LogP contribution < -0.4 is 9.64 Å². The lowest BCUT2D eigenvalue weighted by atomic mass is 10.1. The van der Waals surface area contributed by atoms with Crippen LogP contribution in [0.25, 0.3) is 22.2 Å². The molecule has 5 rings (SSSR count). The Hall–Kier alpha value is -3.38. The first kappa shape index (κ1) is 20.5. The molecular formula is C26H26FN3O2. The molecule has 0 atom stereocenters. The summed E-state index contributed by atoms with van der Waals surface area (Å²) in [5.74, 6) is 0.503. The van der Waals surface area contributed by atoms with E-state index in [0.29, 0.717) is 17.9 Å². The quantitative estimate of drug-likeness (QED) is 0.375. The molecule has 0 spiro atoms. The van der Waals surface area contributed by atoms with Crippen LogP contribution in [0.2, 0.25) is 0 Å². The molecule has 0 amide bonds. The lowest BCUT2D eigenvalue weighted by Crippen LogP contribution is -2.46. The highest BCUT2D eigenvalue weighted by Crippen LogP contribution is 2.29. The Morgan fingerprint density at radius 1 is 0.906 bits per heavy atom. The fourth-order valence-electron chi connectivity index (χ4n) is 4.18. The van der Waals surface area contributed by atoms with Gasteiger partial charge in [-0.05, 0) is 55.0 Å². The predicted molar refractivity (Wildman–Crippen MR) is 125 cm³/mol. The van der Waals surface area contributed by atoms with Gasteiger partial charge in [-0.15, -0.1) is 0 Å². The first-order valence-electron chi connectivity index (χ1n) is 11.1. The van der Waals surface area contributed by atoms with E-state index in [-0.39, 0.29) is 5.82 Å². The minimum atomic E-state index is -0.331. The summed E-state index contributed by atoms with van der Waals surface area (Å²) < 4.78 is 24.5. The molecule has 32 heavy (non-hydrogen) atoms. The number of hydrogen-bond donors (Lipinski definition) is 0. The zero-order valence-electron chi connectivity index (χ0n) is 17.9. The summed E-state index contributed by atoms with van der Waals surface area (Å²) >= 11 is 0. The van der Waals surface area contributed by atoms with Crippen LogP contribution in [0.15, 0.2) is 77.3 Å². The lowest BCUT2D eigenvalue weighted by molar-refractivity contribution is 0.225. The minimum Gasteiger partial charge on any atom is -0.494 e. The third-order valence-electron chi connectivity index (χ3n) is 5.94. The molecule has 5 nitrogen and oxygen atoms in total. The summed E-state index contributed by atoms with van der Waals surface area (Å²) in [5, 5.41) is 4.90. The van der Waals surface area contributed by atoms with Gasteiger partial charge in [0.05, 0.1) is 6.61 Å². The van der Waals surface area contributed by atoms with Gasteiger partial charge in [0.15, 0.2) is 5.58 Å². The van der Waals surface area contributed by atoms with Gasteiger partial charge >= 0.3 is 0 Å². The largest absolute Gasteiger partial charge is 0.494 e. The van der Waals surface area contributed by atoms with Gasteiger partial charge in [-0.3, -0.25) is 4.90 Å². The number of ether oxygens (including phenoxy) is 1. The van der Waals surface area contributed by atoms with Gasteiger partial charge in [-0.25, -0.2) is 4.39 Å². The average Bonchev–Trinajstić information content (AvgIpc) is 3.26. The van der Waals surface area contributed by atoms with Gasteiger partial charge in [0.25, 0.3) is 0 Å². The van der Waals surface area contributed by atoms with Crippen LogP contribution in [0.4, 0.5) is 10.1 Å². The third kappa shape index (κ3) is 4.60. The molecule has 0 saturated carbocycles. The molecule has 3 aromatic carbocycles. The Morgan fingerprint density at radius 3 is 2.47 bits per heavy atom. The maximum Gasteiger partial charge on any atom is 0.170 e. The summed E-state index contributed by atoms with van der Waals surface area (Å²) in [4.78, 5) is 4.95. The highest BCUT2D eigenvalue weighted by Gasteiger charge is 2.16. The van der Waals surface area contributed by atoms with E-state index in [2.05, 4.69) is 45.3 Å². The number of hydrogen-bond acceptors (Lipinski definition) is 5. The SMILES string of the molecule is Fc1ccc2c(-c3ccc(OCCCN4CCN(c5ccccc5)CC4)cc3)noc2c1. The van der Waals surface area contributed by atoms with E-state index in [1.807, 2.05) is 24.3 Å². The van der Waals surface area contributed by atoms with Crippen molar-refractivity contribution in [2.75, 3.05) is 44.2 Å². The van der Waals surface area contributed by atoms with Gasteiger partial charge in [0.1, 0.15) is 17.3 Å². The molecule has 1 saturated heterocycles. The zero-order valence-corrected chi connectivity index (χ0v) is 17.9. The Morgan fingerprint density at radius 2 is 1.69 bits per heavy atom. The van der Waals surface area contributed by atoms with E-state index in [1.54, 1.807) is 6.07 Å². The number of para-hydroxylation sites is 1. The van der Waals surface area contributed by atoms with E-state index < -0.39 is 0 Å². The number of nitrogens with zero attached hydrogens (tertiary/aromatic N) is 3. The van der Waals surface area contributed by atoms with Crippen LogP contribution in [-0.2, 0) is 0 Å². The average molecular weight is 432 g/mol. The van der Waals surface area contributed by atoms with E-state index in [9.17, 15) is 4.39 Å². The summed E-state index contributed by atoms with van der Waals surface area (Å²) in [5.41, 5.74) is 3.38. The summed E-state index contributed by atoms with van der Waals surface area (Å²) in [7, 11) is 0. The summed E-state index contributed by atoms with van der Waals surface area (Å²) in [6.07, 6.45) is 0.993. The fourth-order valence-corrected chi connectivity index (χ4v) is 4.18. The van der Waals surface area contributed by atoms with Gasteiger partial charge in [0.2, 0.25) is 0 Å². The standard InChI is InChI=1S/C26H26FN3O2/c27-21-9-12-24-25(19-21)32-28-26(24)20-7-10-23(11-8-20)31-18-4-13-29-14-16-30(17-15-29)22-5-2-1-3-6-22/h1-3,5-12,19H,4,13-18H2. The fraction of sp³-hybridized carbons (Fsp3) is 0.269. The topological polar surface area (TPSA) is 41.7 Å². The van der Waals surface area contributed by atoms with Crippen molar-refractivity contribution in [3.8, 4) is 17.0 Å². The molecule has 0 N–H and O–H groups in total. The van der Waals surface area contributed by atoms with Crippen molar-refractivity contribution in [2.45, 2.75) is 6.42 Å². The number of benzene rings is 3. The summed E-state index contributed by atoms with van der Waals surface area (Å²) in [6, 6.07) is 22.9. The van der Waals surface area contributed by atoms with Gasteiger partial charge in [-0.2, -0.15) is 0 Å². The predicted octanol–water partition coefficient (Wildman–Crippen LogP) is 5.23. The van der Waals surface area contributed by atoms with Crippen molar-refractivity contribution in [1.29, 1.82) is 0 Å². The summed E-state index contributed by atoms with van der Waals surface area (Å²) in [6.45, 7) is 6.02. The van der Waals surface area contributed by atoms with Crippen LogP contribution in [0.5, 0.6) is 5.75 Å². The van der Waals surface area contributed by atoms with Crippen molar-refractivity contribution in [1.82, 2.24) is 10.1 Å². The molecule has 164 valence electrons. The molecule has 1 fully saturated rings. The first-order chi connectivity index (χ1) is 15.8. The lowest BCUT2D eigenvalue weighted by Gasteiger charge is -2.36. The van der Waals surface area contributed by atoms with Crippen molar-refractivity contribution in [3.63, 3.8) is 0 Å². The van der Waals surface area contributed by atoms with Crippen molar-refractivity contribution in [3.05, 3.63) is 78.6 Å². The number of aromatic nitrogens is 1. The molecule has 0 bridgehead atoms.